The number of benzene rings is 1. The Balaban J connectivity index is 3.17. The summed E-state index contributed by atoms with van der Waals surface area (Å²) in [6.45, 7) is 1.51. The fraction of sp³-hybridized carbons (Fsp3) is 0.455. The van der Waals surface area contributed by atoms with Gasteiger partial charge in [0.25, 0.3) is 5.69 Å². The summed E-state index contributed by atoms with van der Waals surface area (Å²) in [4.78, 5) is 9.67. The zero-order valence-electron chi connectivity index (χ0n) is 11.6. The van der Waals surface area contributed by atoms with E-state index in [0.717, 1.165) is 12.1 Å². The second kappa shape index (κ2) is 7.14. The molecule has 0 saturated carbocycles. The van der Waals surface area contributed by atoms with Crippen LogP contribution in [0.4, 0.5) is 5.69 Å². The zero-order chi connectivity index (χ0) is 16.2. The van der Waals surface area contributed by atoms with E-state index in [0.29, 0.717) is 0 Å². The van der Waals surface area contributed by atoms with Gasteiger partial charge in [-0.3, -0.25) is 10.1 Å². The lowest BCUT2D eigenvalue weighted by atomic mass is 10.3. The normalized spacial score (nSPS) is 13.4. The molecule has 118 valence electrons. The molecule has 21 heavy (non-hydrogen) atoms. The summed E-state index contributed by atoms with van der Waals surface area (Å²) in [5, 5.41) is 11.0. The van der Waals surface area contributed by atoms with Crippen LogP contribution < -0.4 is 4.72 Å². The Morgan fingerprint density at radius 2 is 1.90 bits per heavy atom. The third-order valence-corrected chi connectivity index (χ3v) is 4.46. The first kappa shape index (κ1) is 17.8. The molecule has 0 aliphatic heterocycles. The van der Waals surface area contributed by atoms with Gasteiger partial charge in [-0.2, -0.15) is 0 Å². The van der Waals surface area contributed by atoms with Crippen molar-refractivity contribution >= 4 is 27.3 Å². The van der Waals surface area contributed by atoms with Crippen LogP contribution in [0.25, 0.3) is 0 Å². The molecule has 0 saturated heterocycles. The molecule has 1 aromatic carbocycles. The molecule has 1 N–H and O–H groups in total. The van der Waals surface area contributed by atoms with Crippen molar-refractivity contribution in [1.29, 1.82) is 0 Å². The average Bonchev–Trinajstić information content (AvgIpc) is 2.38. The Morgan fingerprint density at radius 3 is 2.38 bits per heavy atom. The number of halogens is 1. The lowest BCUT2D eigenvalue weighted by molar-refractivity contribution is -0.387. The van der Waals surface area contributed by atoms with E-state index < -0.39 is 37.9 Å². The van der Waals surface area contributed by atoms with Crippen molar-refractivity contribution in [3.63, 3.8) is 0 Å². The number of nitrogens with one attached hydrogen (secondary N) is 1. The van der Waals surface area contributed by atoms with E-state index in [1.807, 2.05) is 0 Å². The van der Waals surface area contributed by atoms with Crippen LogP contribution in [0, 0.1) is 10.1 Å². The number of methoxy groups -OCH3 is 2. The van der Waals surface area contributed by atoms with Crippen LogP contribution in [0.3, 0.4) is 0 Å². The Labute approximate surface area is 127 Å². The van der Waals surface area contributed by atoms with Gasteiger partial charge in [0, 0.05) is 25.3 Å². The Morgan fingerprint density at radius 1 is 1.33 bits per heavy atom. The Hall–Kier alpha value is -1.26. The molecule has 1 atom stereocenters. The van der Waals surface area contributed by atoms with E-state index in [4.69, 9.17) is 21.1 Å². The van der Waals surface area contributed by atoms with Gasteiger partial charge in [0.15, 0.2) is 11.2 Å². The van der Waals surface area contributed by atoms with E-state index >= 15 is 0 Å². The minimum Gasteiger partial charge on any atom is -0.354 e. The third-order valence-electron chi connectivity index (χ3n) is 2.62. The molecule has 0 radical (unpaired) electrons. The van der Waals surface area contributed by atoms with Gasteiger partial charge in [-0.05, 0) is 19.1 Å². The van der Waals surface area contributed by atoms with Crippen molar-refractivity contribution < 1.29 is 22.8 Å². The zero-order valence-corrected chi connectivity index (χ0v) is 13.1. The number of nitro groups is 1. The highest BCUT2D eigenvalue weighted by atomic mass is 35.5. The molecule has 1 unspecified atom stereocenters. The van der Waals surface area contributed by atoms with Crippen LogP contribution in [0.2, 0.25) is 5.02 Å². The molecular weight excluding hydrogens is 324 g/mol. The maximum Gasteiger partial charge on any atom is 0.290 e. The van der Waals surface area contributed by atoms with Crippen LogP contribution in [0.15, 0.2) is 23.1 Å². The molecule has 10 heteroatoms. The monoisotopic (exact) mass is 338 g/mol. The number of nitro benzene ring substituents is 1. The maximum absolute atomic E-state index is 12.2. The maximum atomic E-state index is 12.2. The molecule has 0 aliphatic rings. The van der Waals surface area contributed by atoms with Crippen molar-refractivity contribution in [2.75, 3.05) is 14.2 Å². The minimum atomic E-state index is -4.13. The summed E-state index contributed by atoms with van der Waals surface area (Å²) >= 11 is 5.65. The van der Waals surface area contributed by atoms with Crippen LogP contribution in [0.1, 0.15) is 6.92 Å². The number of hydrogen-bond donors (Lipinski definition) is 1. The van der Waals surface area contributed by atoms with Gasteiger partial charge in [-0.25, -0.2) is 13.1 Å². The largest absolute Gasteiger partial charge is 0.354 e. The first-order valence-electron chi connectivity index (χ1n) is 5.74. The molecular formula is C11H15ClN2O6S. The quantitative estimate of drug-likeness (QED) is 0.459. The number of ether oxygens (including phenoxy) is 2. The smallest absolute Gasteiger partial charge is 0.290 e. The summed E-state index contributed by atoms with van der Waals surface area (Å²) in [7, 11) is -1.43. The highest BCUT2D eigenvalue weighted by molar-refractivity contribution is 7.89. The van der Waals surface area contributed by atoms with Crippen LogP contribution in [-0.4, -0.2) is 39.9 Å². The van der Waals surface area contributed by atoms with Crippen molar-refractivity contribution in [3.8, 4) is 0 Å². The second-order valence-electron chi connectivity index (χ2n) is 4.12. The lowest BCUT2D eigenvalue weighted by Gasteiger charge is -2.21. The van der Waals surface area contributed by atoms with E-state index in [-0.39, 0.29) is 5.02 Å². The Bertz CT molecular complexity index is 617. The van der Waals surface area contributed by atoms with Crippen molar-refractivity contribution in [3.05, 3.63) is 33.3 Å². The van der Waals surface area contributed by atoms with Gasteiger partial charge in [-0.15, -0.1) is 0 Å². The number of sulfonamides is 1. The van der Waals surface area contributed by atoms with E-state index in [2.05, 4.69) is 4.72 Å². The van der Waals surface area contributed by atoms with E-state index in [1.54, 1.807) is 0 Å². The summed E-state index contributed by atoms with van der Waals surface area (Å²) in [5.74, 6) is 0. The predicted molar refractivity (Wildman–Crippen MR) is 75.7 cm³/mol. The SMILES string of the molecule is COC(OC)C(C)NS(=O)(=O)c1ccc(Cl)cc1[N+](=O)[O-]. The summed E-state index contributed by atoms with van der Waals surface area (Å²) < 4.78 is 36.6. The fourth-order valence-corrected chi connectivity index (χ4v) is 3.28. The number of hydrogen-bond acceptors (Lipinski definition) is 6. The lowest BCUT2D eigenvalue weighted by Crippen LogP contribution is -2.42. The van der Waals surface area contributed by atoms with Gasteiger partial charge >= 0.3 is 0 Å². The molecule has 1 aromatic rings. The highest BCUT2D eigenvalue weighted by Crippen LogP contribution is 2.27. The van der Waals surface area contributed by atoms with Gasteiger partial charge in [0.2, 0.25) is 10.0 Å². The summed E-state index contributed by atoms with van der Waals surface area (Å²) in [6, 6.07) is 2.56. The molecule has 0 heterocycles. The summed E-state index contributed by atoms with van der Waals surface area (Å²) in [5.41, 5.74) is -0.603. The molecule has 0 aliphatic carbocycles. The molecule has 8 nitrogen and oxygen atoms in total. The summed E-state index contributed by atoms with van der Waals surface area (Å²) in [6.07, 6.45) is -0.828. The van der Waals surface area contributed by atoms with Gasteiger partial charge in [0.05, 0.1) is 11.0 Å². The molecule has 0 amide bonds. The fourth-order valence-electron chi connectivity index (χ4n) is 1.73. The number of nitrogens with zero attached hydrogens (tertiary/aromatic N) is 1. The molecule has 0 fully saturated rings. The first-order chi connectivity index (χ1) is 9.72. The van der Waals surface area contributed by atoms with Crippen molar-refractivity contribution in [2.24, 2.45) is 0 Å². The van der Waals surface area contributed by atoms with Gasteiger partial charge < -0.3 is 9.47 Å². The molecule has 1 rings (SSSR count). The number of rotatable bonds is 7. The van der Waals surface area contributed by atoms with Crippen molar-refractivity contribution in [2.45, 2.75) is 24.2 Å². The molecule has 0 aromatic heterocycles. The molecule has 0 bridgehead atoms. The Kier molecular flexibility index (Phi) is 6.05. The minimum absolute atomic E-state index is 0.0698. The van der Waals surface area contributed by atoms with Crippen LogP contribution in [-0.2, 0) is 19.5 Å². The first-order valence-corrected chi connectivity index (χ1v) is 7.61. The van der Waals surface area contributed by atoms with Crippen LogP contribution in [0.5, 0.6) is 0 Å². The van der Waals surface area contributed by atoms with Gasteiger partial charge in [-0.1, -0.05) is 11.6 Å². The molecule has 0 spiro atoms. The predicted octanol–water partition coefficient (Wildman–Crippen LogP) is 1.53. The second-order valence-corrected chi connectivity index (χ2v) is 6.24. The topological polar surface area (TPSA) is 108 Å². The average molecular weight is 339 g/mol. The van der Waals surface area contributed by atoms with Crippen molar-refractivity contribution in [1.82, 2.24) is 4.72 Å². The van der Waals surface area contributed by atoms with Crippen LogP contribution >= 0.6 is 11.6 Å². The van der Waals surface area contributed by atoms with E-state index in [9.17, 15) is 18.5 Å². The van der Waals surface area contributed by atoms with Gasteiger partial charge in [0.1, 0.15) is 0 Å². The third kappa shape index (κ3) is 4.35. The van der Waals surface area contributed by atoms with E-state index in [1.165, 1.54) is 27.2 Å². The highest BCUT2D eigenvalue weighted by Gasteiger charge is 2.29. The standard InChI is InChI=1S/C11H15ClN2O6S/c1-7(11(19-2)20-3)13-21(17,18)10-5-4-8(12)6-9(10)14(15)16/h4-7,11,13H,1-3H3.